The summed E-state index contributed by atoms with van der Waals surface area (Å²) in [5, 5.41) is 3.54. The molecule has 0 aliphatic carbocycles. The van der Waals surface area contributed by atoms with Gasteiger partial charge in [0.25, 0.3) is 0 Å². The molecule has 2 heteroatoms. The average molecular weight is 244 g/mol. The number of likely N-dealkylation sites (tertiary alicyclic amines) is 1. The van der Waals surface area contributed by atoms with E-state index in [4.69, 9.17) is 0 Å². The van der Waals surface area contributed by atoms with Crippen molar-refractivity contribution in [2.45, 2.75) is 38.0 Å². The lowest BCUT2D eigenvalue weighted by molar-refractivity contribution is 0.237. The summed E-state index contributed by atoms with van der Waals surface area (Å²) in [6.45, 7) is 4.97. The molecule has 2 aliphatic rings. The van der Waals surface area contributed by atoms with Crippen molar-refractivity contribution >= 4 is 5.69 Å². The van der Waals surface area contributed by atoms with Crippen LogP contribution in [0.5, 0.6) is 0 Å². The Labute approximate surface area is 110 Å². The van der Waals surface area contributed by atoms with Gasteiger partial charge in [-0.1, -0.05) is 37.5 Å². The third kappa shape index (κ3) is 2.69. The van der Waals surface area contributed by atoms with E-state index < -0.39 is 0 Å². The molecule has 1 N–H and O–H groups in total. The van der Waals surface area contributed by atoms with Gasteiger partial charge in [0.2, 0.25) is 0 Å². The zero-order chi connectivity index (χ0) is 12.2. The Hall–Kier alpha value is -1.02. The first-order valence-corrected chi connectivity index (χ1v) is 7.48. The molecule has 0 saturated carbocycles. The van der Waals surface area contributed by atoms with Crippen LogP contribution in [-0.2, 0) is 0 Å². The number of fused-ring (bicyclic) bond motifs is 1. The SMILES string of the molecule is c1ccc2c(c1)NCC2CN1CCCCCCC1. The molecule has 0 spiro atoms. The molecule has 1 saturated heterocycles. The molecule has 1 atom stereocenters. The number of nitrogens with zero attached hydrogens (tertiary/aromatic N) is 1. The Kier molecular flexibility index (Phi) is 3.84. The lowest BCUT2D eigenvalue weighted by Crippen LogP contribution is -2.32. The Morgan fingerprint density at radius 2 is 1.72 bits per heavy atom. The second kappa shape index (κ2) is 5.75. The highest BCUT2D eigenvalue weighted by molar-refractivity contribution is 5.57. The number of hydrogen-bond donors (Lipinski definition) is 1. The number of anilines is 1. The van der Waals surface area contributed by atoms with Gasteiger partial charge in [-0.05, 0) is 37.6 Å². The molecule has 3 rings (SSSR count). The molecular weight excluding hydrogens is 220 g/mol. The van der Waals surface area contributed by atoms with Crippen molar-refractivity contribution in [3.8, 4) is 0 Å². The molecule has 2 heterocycles. The summed E-state index contributed by atoms with van der Waals surface area (Å²) in [6, 6.07) is 8.81. The van der Waals surface area contributed by atoms with Gasteiger partial charge in [0.05, 0.1) is 0 Å². The second-order valence-electron chi connectivity index (χ2n) is 5.73. The molecule has 1 aromatic carbocycles. The van der Waals surface area contributed by atoms with Crippen LogP contribution in [0.4, 0.5) is 5.69 Å². The van der Waals surface area contributed by atoms with Crippen molar-refractivity contribution < 1.29 is 0 Å². The highest BCUT2D eigenvalue weighted by Gasteiger charge is 2.23. The van der Waals surface area contributed by atoms with Crippen molar-refractivity contribution in [3.05, 3.63) is 29.8 Å². The van der Waals surface area contributed by atoms with E-state index in [-0.39, 0.29) is 0 Å². The maximum absolute atomic E-state index is 3.54. The van der Waals surface area contributed by atoms with E-state index in [1.165, 1.54) is 63.0 Å². The van der Waals surface area contributed by atoms with Gasteiger partial charge in [-0.3, -0.25) is 0 Å². The summed E-state index contributed by atoms with van der Waals surface area (Å²) in [7, 11) is 0. The van der Waals surface area contributed by atoms with E-state index in [0.29, 0.717) is 5.92 Å². The van der Waals surface area contributed by atoms with E-state index in [2.05, 4.69) is 34.5 Å². The Morgan fingerprint density at radius 3 is 2.56 bits per heavy atom. The quantitative estimate of drug-likeness (QED) is 0.857. The number of hydrogen-bond acceptors (Lipinski definition) is 2. The molecule has 2 nitrogen and oxygen atoms in total. The Morgan fingerprint density at radius 1 is 1.00 bits per heavy atom. The zero-order valence-electron chi connectivity index (χ0n) is 11.2. The van der Waals surface area contributed by atoms with E-state index in [0.717, 1.165) is 6.54 Å². The molecule has 98 valence electrons. The molecule has 0 radical (unpaired) electrons. The van der Waals surface area contributed by atoms with Crippen LogP contribution in [0.25, 0.3) is 0 Å². The minimum Gasteiger partial charge on any atom is -0.384 e. The van der Waals surface area contributed by atoms with E-state index in [1.807, 2.05) is 0 Å². The van der Waals surface area contributed by atoms with Gasteiger partial charge in [-0.25, -0.2) is 0 Å². The third-order valence-electron chi connectivity index (χ3n) is 4.37. The molecule has 1 fully saturated rings. The number of para-hydroxylation sites is 1. The number of benzene rings is 1. The largest absolute Gasteiger partial charge is 0.384 e. The van der Waals surface area contributed by atoms with Crippen molar-refractivity contribution in [1.82, 2.24) is 4.90 Å². The van der Waals surface area contributed by atoms with Gasteiger partial charge in [-0.15, -0.1) is 0 Å². The molecule has 1 unspecified atom stereocenters. The van der Waals surface area contributed by atoms with Gasteiger partial charge in [-0.2, -0.15) is 0 Å². The highest BCUT2D eigenvalue weighted by Crippen LogP contribution is 2.31. The van der Waals surface area contributed by atoms with Crippen molar-refractivity contribution in [3.63, 3.8) is 0 Å². The molecule has 18 heavy (non-hydrogen) atoms. The Bertz CT molecular complexity index is 380. The summed E-state index contributed by atoms with van der Waals surface area (Å²) >= 11 is 0. The summed E-state index contributed by atoms with van der Waals surface area (Å²) in [5.74, 6) is 0.695. The van der Waals surface area contributed by atoms with Crippen LogP contribution in [0, 0.1) is 0 Å². The van der Waals surface area contributed by atoms with Crippen LogP contribution in [0.15, 0.2) is 24.3 Å². The van der Waals surface area contributed by atoms with Gasteiger partial charge in [0, 0.05) is 24.7 Å². The van der Waals surface area contributed by atoms with Crippen molar-refractivity contribution in [1.29, 1.82) is 0 Å². The van der Waals surface area contributed by atoms with Gasteiger partial charge in [0.1, 0.15) is 0 Å². The fourth-order valence-corrected chi connectivity index (χ4v) is 3.33. The normalized spacial score (nSPS) is 25.0. The van der Waals surface area contributed by atoms with Gasteiger partial charge in [0.15, 0.2) is 0 Å². The number of rotatable bonds is 2. The first-order valence-electron chi connectivity index (χ1n) is 7.48. The Balaban J connectivity index is 1.62. The number of nitrogens with one attached hydrogen (secondary N) is 1. The van der Waals surface area contributed by atoms with Crippen LogP contribution < -0.4 is 5.32 Å². The fraction of sp³-hybridized carbons (Fsp3) is 0.625. The molecular formula is C16H24N2. The topological polar surface area (TPSA) is 15.3 Å². The van der Waals surface area contributed by atoms with Crippen LogP contribution in [0.1, 0.15) is 43.6 Å². The molecule has 2 aliphatic heterocycles. The minimum absolute atomic E-state index is 0.695. The maximum Gasteiger partial charge on any atom is 0.0376 e. The van der Waals surface area contributed by atoms with E-state index in [1.54, 1.807) is 0 Å². The lowest BCUT2D eigenvalue weighted by Gasteiger charge is -2.27. The molecule has 1 aromatic rings. The molecule has 0 bridgehead atoms. The predicted molar refractivity (Wildman–Crippen MR) is 77.2 cm³/mol. The summed E-state index contributed by atoms with van der Waals surface area (Å²) in [5.41, 5.74) is 2.88. The van der Waals surface area contributed by atoms with Crippen molar-refractivity contribution in [2.24, 2.45) is 0 Å². The standard InChI is InChI=1S/C16H24N2/c1-2-6-10-18(11-7-3-1)13-14-12-17-16-9-5-4-8-15(14)16/h4-5,8-9,14,17H,1-3,6-7,10-13H2. The minimum atomic E-state index is 0.695. The van der Waals surface area contributed by atoms with Crippen LogP contribution in [0.3, 0.4) is 0 Å². The van der Waals surface area contributed by atoms with Crippen LogP contribution in [0.2, 0.25) is 0 Å². The summed E-state index contributed by atoms with van der Waals surface area (Å²) < 4.78 is 0. The highest BCUT2D eigenvalue weighted by atomic mass is 15.1. The summed E-state index contributed by atoms with van der Waals surface area (Å²) in [4.78, 5) is 2.69. The summed E-state index contributed by atoms with van der Waals surface area (Å²) in [6.07, 6.45) is 7.08. The first-order chi connectivity index (χ1) is 8.93. The van der Waals surface area contributed by atoms with E-state index >= 15 is 0 Å². The second-order valence-corrected chi connectivity index (χ2v) is 5.73. The van der Waals surface area contributed by atoms with Gasteiger partial charge < -0.3 is 10.2 Å². The van der Waals surface area contributed by atoms with Gasteiger partial charge >= 0.3 is 0 Å². The molecule has 0 aromatic heterocycles. The smallest absolute Gasteiger partial charge is 0.0376 e. The molecule has 0 amide bonds. The monoisotopic (exact) mass is 244 g/mol. The third-order valence-corrected chi connectivity index (χ3v) is 4.37. The predicted octanol–water partition coefficient (Wildman–Crippen LogP) is 3.46. The average Bonchev–Trinajstić information content (AvgIpc) is 2.76. The maximum atomic E-state index is 3.54. The fourth-order valence-electron chi connectivity index (χ4n) is 3.33. The first kappa shape index (κ1) is 12.0. The van der Waals surface area contributed by atoms with E-state index in [9.17, 15) is 0 Å². The van der Waals surface area contributed by atoms with Crippen LogP contribution >= 0.6 is 0 Å². The zero-order valence-corrected chi connectivity index (χ0v) is 11.2. The van der Waals surface area contributed by atoms with Crippen molar-refractivity contribution in [2.75, 3.05) is 31.5 Å². The lowest BCUT2D eigenvalue weighted by atomic mass is 9.99. The van der Waals surface area contributed by atoms with Crippen LogP contribution in [-0.4, -0.2) is 31.1 Å².